The predicted octanol–water partition coefficient (Wildman–Crippen LogP) is 4.99. The standard InChI is InChI=1S/C25H28N2O4/c1-5-31-25(29)22-16-23(19-11-9-17(2)10-12-19)27(18(22)3)14-13-24(28)26-20-7-6-8-21(15-20)30-4/h6-12,15-16H,5,13-14H2,1-4H3,(H,26,28). The molecule has 0 aliphatic rings. The number of esters is 1. The number of nitrogens with zero attached hydrogens (tertiary/aromatic N) is 1. The van der Waals surface area contributed by atoms with Gasteiger partial charge in [0.1, 0.15) is 5.75 Å². The summed E-state index contributed by atoms with van der Waals surface area (Å²) in [6.07, 6.45) is 0.258. The number of aromatic nitrogens is 1. The van der Waals surface area contributed by atoms with Crippen LogP contribution >= 0.6 is 0 Å². The Kier molecular flexibility index (Phi) is 7.13. The van der Waals surface area contributed by atoms with Crippen LogP contribution in [0.25, 0.3) is 11.3 Å². The van der Waals surface area contributed by atoms with Gasteiger partial charge in [-0.15, -0.1) is 0 Å². The number of carbonyl (C=O) groups is 2. The van der Waals surface area contributed by atoms with Crippen molar-refractivity contribution in [1.82, 2.24) is 4.57 Å². The third kappa shape index (κ3) is 5.34. The van der Waals surface area contributed by atoms with Crippen LogP contribution in [0.15, 0.2) is 54.6 Å². The molecule has 1 amide bonds. The maximum atomic E-state index is 12.6. The Balaban J connectivity index is 1.83. The van der Waals surface area contributed by atoms with Gasteiger partial charge in [0.25, 0.3) is 0 Å². The Bertz CT molecular complexity index is 1070. The topological polar surface area (TPSA) is 69.6 Å². The second kappa shape index (κ2) is 9.98. The largest absolute Gasteiger partial charge is 0.497 e. The minimum Gasteiger partial charge on any atom is -0.497 e. The minimum absolute atomic E-state index is 0.117. The normalized spacial score (nSPS) is 10.6. The van der Waals surface area contributed by atoms with Crippen molar-refractivity contribution < 1.29 is 19.1 Å². The first kappa shape index (κ1) is 22.2. The van der Waals surface area contributed by atoms with E-state index in [1.165, 1.54) is 0 Å². The van der Waals surface area contributed by atoms with Crippen LogP contribution in [0.3, 0.4) is 0 Å². The minimum atomic E-state index is -0.354. The zero-order chi connectivity index (χ0) is 22.4. The number of methoxy groups -OCH3 is 1. The SMILES string of the molecule is CCOC(=O)c1cc(-c2ccc(C)cc2)n(CCC(=O)Nc2cccc(OC)c2)c1C. The number of carbonyl (C=O) groups excluding carboxylic acids is 2. The zero-order valence-corrected chi connectivity index (χ0v) is 18.4. The van der Waals surface area contributed by atoms with Gasteiger partial charge in [0.2, 0.25) is 5.91 Å². The van der Waals surface area contributed by atoms with Crippen molar-refractivity contribution in [2.75, 3.05) is 19.0 Å². The summed E-state index contributed by atoms with van der Waals surface area (Å²) in [6, 6.07) is 17.2. The lowest BCUT2D eigenvalue weighted by Crippen LogP contribution is -2.16. The molecule has 2 aromatic carbocycles. The van der Waals surface area contributed by atoms with E-state index in [-0.39, 0.29) is 18.3 Å². The highest BCUT2D eigenvalue weighted by molar-refractivity contribution is 5.93. The quantitative estimate of drug-likeness (QED) is 0.522. The summed E-state index contributed by atoms with van der Waals surface area (Å²) in [5.74, 6) is 0.210. The third-order valence-corrected chi connectivity index (χ3v) is 5.13. The fraction of sp³-hybridized carbons (Fsp3) is 0.280. The summed E-state index contributed by atoms with van der Waals surface area (Å²) in [4.78, 5) is 25.0. The Morgan fingerprint density at radius 3 is 2.45 bits per heavy atom. The molecule has 3 rings (SSSR count). The van der Waals surface area contributed by atoms with Crippen molar-refractivity contribution in [3.8, 4) is 17.0 Å². The summed E-state index contributed by atoms with van der Waals surface area (Å²) in [6.45, 7) is 6.44. The van der Waals surface area contributed by atoms with Crippen molar-refractivity contribution >= 4 is 17.6 Å². The lowest BCUT2D eigenvalue weighted by molar-refractivity contribution is -0.116. The molecule has 0 fully saturated rings. The number of amides is 1. The molecular weight excluding hydrogens is 392 g/mol. The van der Waals surface area contributed by atoms with Crippen LogP contribution in [0, 0.1) is 13.8 Å². The van der Waals surface area contributed by atoms with E-state index >= 15 is 0 Å². The molecule has 0 aliphatic heterocycles. The van der Waals surface area contributed by atoms with Crippen LogP contribution in [0.4, 0.5) is 5.69 Å². The van der Waals surface area contributed by atoms with E-state index in [1.54, 1.807) is 20.1 Å². The predicted molar refractivity (Wildman–Crippen MR) is 122 cm³/mol. The van der Waals surface area contributed by atoms with E-state index < -0.39 is 0 Å². The van der Waals surface area contributed by atoms with Gasteiger partial charge in [-0.3, -0.25) is 4.79 Å². The van der Waals surface area contributed by atoms with Gasteiger partial charge >= 0.3 is 5.97 Å². The molecule has 1 heterocycles. The van der Waals surface area contributed by atoms with Crippen LogP contribution < -0.4 is 10.1 Å². The lowest BCUT2D eigenvalue weighted by atomic mass is 10.1. The van der Waals surface area contributed by atoms with Gasteiger partial charge in [-0.05, 0) is 44.5 Å². The van der Waals surface area contributed by atoms with Gasteiger partial charge in [0.05, 0.1) is 19.3 Å². The van der Waals surface area contributed by atoms with Crippen molar-refractivity contribution in [2.45, 2.75) is 33.7 Å². The summed E-state index contributed by atoms with van der Waals surface area (Å²) in [5.41, 5.74) is 5.00. The first-order valence-electron chi connectivity index (χ1n) is 10.3. The van der Waals surface area contributed by atoms with Gasteiger partial charge in [0.15, 0.2) is 0 Å². The van der Waals surface area contributed by atoms with Crippen molar-refractivity contribution in [2.24, 2.45) is 0 Å². The highest BCUT2D eigenvalue weighted by atomic mass is 16.5. The van der Waals surface area contributed by atoms with Crippen molar-refractivity contribution in [3.63, 3.8) is 0 Å². The lowest BCUT2D eigenvalue weighted by Gasteiger charge is -2.13. The average molecular weight is 421 g/mol. The van der Waals surface area contributed by atoms with Gasteiger partial charge in [-0.1, -0.05) is 35.9 Å². The highest BCUT2D eigenvalue weighted by Crippen LogP contribution is 2.27. The molecule has 0 saturated carbocycles. The van der Waals surface area contributed by atoms with Crippen molar-refractivity contribution in [3.05, 3.63) is 71.4 Å². The van der Waals surface area contributed by atoms with Crippen LogP contribution in [0.5, 0.6) is 5.75 Å². The number of hydrogen-bond acceptors (Lipinski definition) is 4. The van der Waals surface area contributed by atoms with E-state index in [1.807, 2.05) is 66.9 Å². The summed E-state index contributed by atoms with van der Waals surface area (Å²) >= 11 is 0. The molecule has 31 heavy (non-hydrogen) atoms. The number of rotatable bonds is 8. The second-order valence-electron chi connectivity index (χ2n) is 7.30. The Morgan fingerprint density at radius 1 is 1.03 bits per heavy atom. The summed E-state index contributed by atoms with van der Waals surface area (Å²) in [7, 11) is 1.59. The molecule has 0 radical (unpaired) electrons. The number of hydrogen-bond donors (Lipinski definition) is 1. The first-order chi connectivity index (χ1) is 14.9. The number of nitrogens with one attached hydrogen (secondary N) is 1. The van der Waals surface area contributed by atoms with Gasteiger partial charge < -0.3 is 19.4 Å². The number of aryl methyl sites for hydroxylation is 1. The molecule has 162 valence electrons. The van der Waals surface area contributed by atoms with E-state index in [4.69, 9.17) is 9.47 Å². The molecule has 6 heteroatoms. The van der Waals surface area contributed by atoms with Crippen molar-refractivity contribution in [1.29, 1.82) is 0 Å². The Hall–Kier alpha value is -3.54. The Labute approximate surface area is 182 Å². The number of anilines is 1. The molecule has 0 aliphatic carbocycles. The maximum Gasteiger partial charge on any atom is 0.339 e. The van der Waals surface area contributed by atoms with E-state index in [0.29, 0.717) is 30.2 Å². The molecule has 3 aromatic rings. The highest BCUT2D eigenvalue weighted by Gasteiger charge is 2.20. The van der Waals surface area contributed by atoms with E-state index in [0.717, 1.165) is 22.5 Å². The second-order valence-corrected chi connectivity index (χ2v) is 7.30. The smallest absolute Gasteiger partial charge is 0.339 e. The third-order valence-electron chi connectivity index (χ3n) is 5.13. The molecule has 0 saturated heterocycles. The van der Waals surface area contributed by atoms with Crippen LogP contribution in [0.1, 0.15) is 35.0 Å². The summed E-state index contributed by atoms with van der Waals surface area (Å²) in [5, 5.41) is 2.90. The molecule has 1 aromatic heterocycles. The Morgan fingerprint density at radius 2 is 1.77 bits per heavy atom. The molecule has 0 bridgehead atoms. The first-order valence-corrected chi connectivity index (χ1v) is 10.3. The maximum absolute atomic E-state index is 12.6. The average Bonchev–Trinajstić information content (AvgIpc) is 3.09. The molecule has 0 atom stereocenters. The van der Waals surface area contributed by atoms with E-state index in [2.05, 4.69) is 5.32 Å². The van der Waals surface area contributed by atoms with Crippen LogP contribution in [-0.2, 0) is 16.1 Å². The van der Waals surface area contributed by atoms with Crippen LogP contribution in [-0.4, -0.2) is 30.2 Å². The van der Waals surface area contributed by atoms with Crippen LogP contribution in [0.2, 0.25) is 0 Å². The van der Waals surface area contributed by atoms with Gasteiger partial charge in [-0.2, -0.15) is 0 Å². The fourth-order valence-corrected chi connectivity index (χ4v) is 3.45. The zero-order valence-electron chi connectivity index (χ0n) is 18.4. The molecule has 0 unspecified atom stereocenters. The summed E-state index contributed by atoms with van der Waals surface area (Å²) < 4.78 is 12.4. The molecule has 6 nitrogen and oxygen atoms in total. The van der Waals surface area contributed by atoms with E-state index in [9.17, 15) is 9.59 Å². The number of benzene rings is 2. The molecular formula is C25H28N2O4. The number of ether oxygens (including phenoxy) is 2. The monoisotopic (exact) mass is 420 g/mol. The van der Waals surface area contributed by atoms with Gasteiger partial charge in [0, 0.05) is 36.1 Å². The molecule has 1 N–H and O–H groups in total. The molecule has 0 spiro atoms. The fourth-order valence-electron chi connectivity index (χ4n) is 3.45. The van der Waals surface area contributed by atoms with Gasteiger partial charge in [-0.25, -0.2) is 4.79 Å².